The molecule has 19 heavy (non-hydrogen) atoms. The van der Waals surface area contributed by atoms with Crippen molar-refractivity contribution in [1.82, 2.24) is 0 Å². The van der Waals surface area contributed by atoms with Crippen LogP contribution in [0.3, 0.4) is 0 Å². The first kappa shape index (κ1) is 14.4. The number of aliphatic hydroxyl groups is 1. The first-order valence-electron chi connectivity index (χ1n) is 5.07. The average Bonchev–Trinajstić information content (AvgIpc) is 2.89. The molecule has 102 valence electrons. The summed E-state index contributed by atoms with van der Waals surface area (Å²) in [6.45, 7) is -0.00694. The first-order chi connectivity index (χ1) is 8.95. The molecule has 0 radical (unpaired) electrons. The number of rotatable bonds is 2. The molecule has 2 rings (SSSR count). The van der Waals surface area contributed by atoms with E-state index in [2.05, 4.69) is 0 Å². The van der Waals surface area contributed by atoms with E-state index in [1.54, 1.807) is 12.1 Å². The fourth-order valence-electron chi connectivity index (χ4n) is 1.13. The van der Waals surface area contributed by atoms with Gasteiger partial charge in [-0.15, -0.1) is 0 Å². The van der Waals surface area contributed by atoms with Gasteiger partial charge in [0.2, 0.25) is 0 Å². The highest BCUT2D eigenvalue weighted by Gasteiger charge is 2.11. The highest BCUT2D eigenvalue weighted by molar-refractivity contribution is 5.89. The molecule has 0 saturated carbocycles. The van der Waals surface area contributed by atoms with Crippen LogP contribution in [0.4, 0.5) is 0 Å². The Labute approximate surface area is 107 Å². The third-order valence-corrected chi connectivity index (χ3v) is 2.05. The molecule has 7 heteroatoms. The van der Waals surface area contributed by atoms with Crippen LogP contribution in [0.1, 0.15) is 16.1 Å². The number of carboxylic acids is 1. The molecule has 5 N–H and O–H groups in total. The summed E-state index contributed by atoms with van der Waals surface area (Å²) < 4.78 is 4.73. The van der Waals surface area contributed by atoms with E-state index in [0.29, 0.717) is 5.76 Å². The van der Waals surface area contributed by atoms with Crippen molar-refractivity contribution in [2.24, 2.45) is 0 Å². The molecule has 0 unspecified atom stereocenters. The molecule has 1 aromatic carbocycles. The molecule has 0 spiro atoms. The monoisotopic (exact) mass is 268 g/mol. The maximum atomic E-state index is 10.3. The summed E-state index contributed by atoms with van der Waals surface area (Å²) in [7, 11) is 0. The van der Waals surface area contributed by atoms with E-state index in [-0.39, 0.29) is 12.2 Å². The van der Waals surface area contributed by atoms with Crippen LogP contribution in [0.25, 0.3) is 0 Å². The number of phenols is 3. The molecule has 1 aromatic heterocycles. The number of hydrogen-bond acceptors (Lipinski definition) is 6. The molecule has 2 aromatic rings. The second-order valence-corrected chi connectivity index (χ2v) is 3.41. The molecule has 0 saturated heterocycles. The van der Waals surface area contributed by atoms with Gasteiger partial charge in [0.15, 0.2) is 17.2 Å². The van der Waals surface area contributed by atoms with Crippen LogP contribution in [-0.2, 0) is 6.61 Å². The summed E-state index contributed by atoms with van der Waals surface area (Å²) in [4.78, 5) is 10.3. The van der Waals surface area contributed by atoms with E-state index in [1.807, 2.05) is 0 Å². The summed E-state index contributed by atoms with van der Waals surface area (Å²) in [6.07, 6.45) is 1.53. The zero-order valence-electron chi connectivity index (χ0n) is 9.65. The molecule has 7 nitrogen and oxygen atoms in total. The number of phenolic OH excluding ortho intramolecular Hbond substituents is 3. The highest BCUT2D eigenvalue weighted by atomic mass is 16.4. The summed E-state index contributed by atoms with van der Waals surface area (Å²) in [5.41, 5.74) is -0.289. The minimum atomic E-state index is -1.29. The maximum absolute atomic E-state index is 10.3. The predicted molar refractivity (Wildman–Crippen MR) is 63.0 cm³/mol. The smallest absolute Gasteiger partial charge is 0.335 e. The predicted octanol–water partition coefficient (Wildman–Crippen LogP) is 1.27. The number of carbonyl (C=O) groups is 1. The van der Waals surface area contributed by atoms with Gasteiger partial charge in [-0.25, -0.2) is 4.79 Å². The van der Waals surface area contributed by atoms with Crippen LogP contribution in [0.5, 0.6) is 17.2 Å². The van der Waals surface area contributed by atoms with Crippen molar-refractivity contribution in [3.8, 4) is 17.2 Å². The molecule has 0 aliphatic rings. The average molecular weight is 268 g/mol. The lowest BCUT2D eigenvalue weighted by Crippen LogP contribution is -1.95. The lowest BCUT2D eigenvalue weighted by Gasteiger charge is -2.01. The molecular formula is C12H12O7. The van der Waals surface area contributed by atoms with E-state index in [9.17, 15) is 4.79 Å². The van der Waals surface area contributed by atoms with E-state index in [4.69, 9.17) is 29.9 Å². The van der Waals surface area contributed by atoms with Crippen molar-refractivity contribution in [1.29, 1.82) is 0 Å². The van der Waals surface area contributed by atoms with E-state index >= 15 is 0 Å². The van der Waals surface area contributed by atoms with Crippen LogP contribution in [0.15, 0.2) is 34.9 Å². The third kappa shape index (κ3) is 3.93. The summed E-state index contributed by atoms with van der Waals surface area (Å²) in [5, 5.41) is 43.3. The van der Waals surface area contributed by atoms with Gasteiger partial charge in [-0.2, -0.15) is 0 Å². The van der Waals surface area contributed by atoms with Crippen LogP contribution in [0.2, 0.25) is 0 Å². The van der Waals surface area contributed by atoms with Crippen molar-refractivity contribution in [3.63, 3.8) is 0 Å². The van der Waals surface area contributed by atoms with Gasteiger partial charge in [-0.1, -0.05) is 0 Å². The van der Waals surface area contributed by atoms with Crippen molar-refractivity contribution < 1.29 is 34.7 Å². The Balaban J connectivity index is 0.000000218. The molecule has 1 heterocycles. The largest absolute Gasteiger partial charge is 0.504 e. The van der Waals surface area contributed by atoms with Gasteiger partial charge in [0.05, 0.1) is 11.8 Å². The zero-order chi connectivity index (χ0) is 14.4. The van der Waals surface area contributed by atoms with Gasteiger partial charge in [-0.3, -0.25) is 0 Å². The molecule has 0 atom stereocenters. The van der Waals surface area contributed by atoms with Crippen molar-refractivity contribution in [2.45, 2.75) is 6.61 Å². The lowest BCUT2D eigenvalue weighted by atomic mass is 10.2. The van der Waals surface area contributed by atoms with E-state index in [0.717, 1.165) is 12.1 Å². The number of furan rings is 1. The Morgan fingerprint density at radius 2 is 1.74 bits per heavy atom. The van der Waals surface area contributed by atoms with Gasteiger partial charge in [0.1, 0.15) is 12.4 Å². The molecule has 0 aliphatic carbocycles. The normalized spacial score (nSPS) is 9.53. The summed E-state index contributed by atoms with van der Waals surface area (Å²) in [6, 6.07) is 5.15. The summed E-state index contributed by atoms with van der Waals surface area (Å²) >= 11 is 0. The SMILES string of the molecule is O=C(O)c1cc(O)c(O)c(O)c1.OCc1ccco1. The van der Waals surface area contributed by atoms with Crippen LogP contribution in [-0.4, -0.2) is 31.5 Å². The second kappa shape index (κ2) is 6.31. The lowest BCUT2D eigenvalue weighted by molar-refractivity contribution is 0.0696. The van der Waals surface area contributed by atoms with E-state index in [1.165, 1.54) is 6.26 Å². The maximum Gasteiger partial charge on any atom is 0.335 e. The Kier molecular flexibility index (Phi) is 4.78. The van der Waals surface area contributed by atoms with Gasteiger partial charge >= 0.3 is 5.97 Å². The van der Waals surface area contributed by atoms with Crippen molar-refractivity contribution in [3.05, 3.63) is 41.9 Å². The third-order valence-electron chi connectivity index (χ3n) is 2.05. The Hall–Kier alpha value is -2.67. The topological polar surface area (TPSA) is 131 Å². The van der Waals surface area contributed by atoms with Crippen molar-refractivity contribution in [2.75, 3.05) is 0 Å². The second-order valence-electron chi connectivity index (χ2n) is 3.41. The summed E-state index contributed by atoms with van der Waals surface area (Å²) in [5.74, 6) is -2.72. The quantitative estimate of drug-likeness (QED) is 0.518. The van der Waals surface area contributed by atoms with Gasteiger partial charge in [-0.05, 0) is 24.3 Å². The number of carboxylic acid groups (broad SMARTS) is 1. The van der Waals surface area contributed by atoms with Crippen molar-refractivity contribution >= 4 is 5.97 Å². The van der Waals surface area contributed by atoms with Gasteiger partial charge in [0, 0.05) is 0 Å². The fraction of sp³-hybridized carbons (Fsp3) is 0.0833. The molecular weight excluding hydrogens is 256 g/mol. The molecule has 0 fully saturated rings. The Morgan fingerprint density at radius 3 is 2.05 bits per heavy atom. The number of aromatic carboxylic acids is 1. The fourth-order valence-corrected chi connectivity index (χ4v) is 1.13. The van der Waals surface area contributed by atoms with Crippen LogP contribution >= 0.6 is 0 Å². The number of benzene rings is 1. The Bertz CT molecular complexity index is 522. The standard InChI is InChI=1S/C7H6O5.C5H6O2/c8-4-1-3(7(11)12)2-5(9)6(4)10;6-4-5-2-1-3-7-5/h1-2,8-10H,(H,11,12);1-3,6H,4H2. The molecule has 0 amide bonds. The Morgan fingerprint density at radius 1 is 1.16 bits per heavy atom. The zero-order valence-corrected chi connectivity index (χ0v) is 9.65. The molecule has 0 bridgehead atoms. The number of aliphatic hydroxyl groups excluding tert-OH is 1. The van der Waals surface area contributed by atoms with Crippen LogP contribution in [0, 0.1) is 0 Å². The minimum absolute atomic E-state index is 0.00694. The first-order valence-corrected chi connectivity index (χ1v) is 5.07. The van der Waals surface area contributed by atoms with Gasteiger partial charge < -0.3 is 29.9 Å². The highest BCUT2D eigenvalue weighted by Crippen LogP contribution is 2.35. The van der Waals surface area contributed by atoms with Gasteiger partial charge in [0.25, 0.3) is 0 Å². The number of aromatic hydroxyl groups is 3. The minimum Gasteiger partial charge on any atom is -0.504 e. The number of hydrogen-bond donors (Lipinski definition) is 5. The van der Waals surface area contributed by atoms with Crippen LogP contribution < -0.4 is 0 Å². The molecule has 0 aliphatic heterocycles. The van der Waals surface area contributed by atoms with E-state index < -0.39 is 23.2 Å².